The normalized spacial score (nSPS) is 22.6. The van der Waals surface area contributed by atoms with Crippen LogP contribution in [0.25, 0.3) is 11.1 Å². The second-order valence-electron chi connectivity index (χ2n) is 13.2. The maximum atomic E-state index is 14.5. The number of benzene rings is 1. The van der Waals surface area contributed by atoms with Gasteiger partial charge in [0.15, 0.2) is 0 Å². The van der Waals surface area contributed by atoms with E-state index in [1.54, 1.807) is 20.8 Å². The molecule has 228 valence electrons. The number of hydrogen-bond donors (Lipinski definition) is 2. The first-order valence-corrected chi connectivity index (χ1v) is 14.6. The number of carbonyl (C=O) groups is 2. The fourth-order valence-corrected chi connectivity index (χ4v) is 5.91. The van der Waals surface area contributed by atoms with E-state index in [9.17, 15) is 27.2 Å². The molecule has 2 amide bonds. The third-order valence-corrected chi connectivity index (χ3v) is 8.09. The Kier molecular flexibility index (Phi) is 7.91. The van der Waals surface area contributed by atoms with Crippen LogP contribution in [0.15, 0.2) is 24.4 Å². The van der Waals surface area contributed by atoms with Crippen LogP contribution in [-0.4, -0.2) is 53.2 Å². The number of nitrogens with one attached hydrogen (secondary N) is 2. The Labute approximate surface area is 243 Å². The van der Waals surface area contributed by atoms with E-state index in [2.05, 4.69) is 15.6 Å². The molecule has 3 aliphatic rings. The summed E-state index contributed by atoms with van der Waals surface area (Å²) in [5.41, 5.74) is 0.628. The number of alkyl carbamates (subject to hydrolysis) is 1. The van der Waals surface area contributed by atoms with Crippen molar-refractivity contribution in [3.8, 4) is 11.1 Å². The molecule has 2 saturated carbocycles. The van der Waals surface area contributed by atoms with Gasteiger partial charge in [-0.2, -0.15) is 0 Å². The molecular formula is C31H38F4N4O3. The number of pyridine rings is 1. The molecule has 2 heterocycles. The topological polar surface area (TPSA) is 83.6 Å². The first-order valence-electron chi connectivity index (χ1n) is 14.6. The number of hydrogen-bond acceptors (Lipinski definition) is 5. The first kappa shape index (κ1) is 30.1. The van der Waals surface area contributed by atoms with E-state index in [1.165, 1.54) is 18.3 Å². The van der Waals surface area contributed by atoms with Crippen LogP contribution >= 0.6 is 0 Å². The van der Waals surface area contributed by atoms with Gasteiger partial charge < -0.3 is 20.3 Å². The Morgan fingerprint density at radius 2 is 1.67 bits per heavy atom. The Morgan fingerprint density at radius 3 is 2.26 bits per heavy atom. The standard InChI is InChI=1S/C31H38F4N4O3/c1-29(2,3)42-28(41)38-30(4)11-12-39(17-30)26-23(27(40)37-22-7-9-31(34,35)10-8-22)16-36-25(18-5-6-18)24(26)19-13-20(32)15-21(33)14-19/h13-16,18,22H,5-12,17H2,1-4H3,(H,37,40)(H,38,41)/t30-/m0/s1. The van der Waals surface area contributed by atoms with Crippen molar-refractivity contribution in [3.63, 3.8) is 0 Å². The van der Waals surface area contributed by atoms with E-state index in [1.807, 2.05) is 11.8 Å². The largest absolute Gasteiger partial charge is 0.444 e. The van der Waals surface area contributed by atoms with Gasteiger partial charge in [-0.05, 0) is 77.5 Å². The van der Waals surface area contributed by atoms with E-state index in [-0.39, 0.29) is 42.7 Å². The highest BCUT2D eigenvalue weighted by molar-refractivity contribution is 6.04. The highest BCUT2D eigenvalue weighted by atomic mass is 19.3. The predicted molar refractivity (Wildman–Crippen MR) is 151 cm³/mol. The number of carbonyl (C=O) groups excluding carboxylic acids is 2. The average Bonchev–Trinajstić information content (AvgIpc) is 3.64. The van der Waals surface area contributed by atoms with Gasteiger partial charge in [-0.15, -0.1) is 0 Å². The molecule has 11 heteroatoms. The minimum absolute atomic E-state index is 0.0802. The maximum absolute atomic E-state index is 14.5. The van der Waals surface area contributed by atoms with Crippen LogP contribution in [0, 0.1) is 11.6 Å². The molecule has 2 aliphatic carbocycles. The number of rotatable bonds is 6. The van der Waals surface area contributed by atoms with Gasteiger partial charge in [0.25, 0.3) is 5.91 Å². The van der Waals surface area contributed by atoms with Crippen LogP contribution in [0.1, 0.15) is 94.6 Å². The van der Waals surface area contributed by atoms with Gasteiger partial charge in [-0.3, -0.25) is 9.78 Å². The summed E-state index contributed by atoms with van der Waals surface area (Å²) in [6, 6.07) is 2.82. The lowest BCUT2D eigenvalue weighted by atomic mass is 9.91. The van der Waals surface area contributed by atoms with Gasteiger partial charge in [-0.1, -0.05) is 0 Å². The van der Waals surface area contributed by atoms with Crippen LogP contribution in [0.2, 0.25) is 0 Å². The Morgan fingerprint density at radius 1 is 1.02 bits per heavy atom. The lowest BCUT2D eigenvalue weighted by molar-refractivity contribution is -0.0399. The summed E-state index contributed by atoms with van der Waals surface area (Å²) in [6.07, 6.45) is 2.82. The van der Waals surface area contributed by atoms with Crippen LogP contribution in [0.3, 0.4) is 0 Å². The zero-order valence-electron chi connectivity index (χ0n) is 24.5. The summed E-state index contributed by atoms with van der Waals surface area (Å²) in [5, 5.41) is 5.86. The van der Waals surface area contributed by atoms with Crippen LogP contribution in [0.5, 0.6) is 0 Å². The molecule has 3 fully saturated rings. The van der Waals surface area contributed by atoms with Gasteiger partial charge in [0.05, 0.1) is 22.5 Å². The number of alkyl halides is 2. The summed E-state index contributed by atoms with van der Waals surface area (Å²) in [6.45, 7) is 7.92. The van der Waals surface area contributed by atoms with E-state index in [0.29, 0.717) is 36.5 Å². The molecule has 2 N–H and O–H groups in total. The molecule has 1 aromatic heterocycles. The number of amides is 2. The van der Waals surface area contributed by atoms with Crippen molar-refractivity contribution in [2.24, 2.45) is 0 Å². The van der Waals surface area contributed by atoms with E-state index in [4.69, 9.17) is 4.74 Å². The number of halogens is 4. The molecule has 2 aromatic rings. The first-order chi connectivity index (χ1) is 19.6. The molecule has 0 unspecified atom stereocenters. The highest BCUT2D eigenvalue weighted by Gasteiger charge is 2.41. The summed E-state index contributed by atoms with van der Waals surface area (Å²) in [7, 11) is 0. The summed E-state index contributed by atoms with van der Waals surface area (Å²) >= 11 is 0. The van der Waals surface area contributed by atoms with Gasteiger partial charge in [-0.25, -0.2) is 22.4 Å². The summed E-state index contributed by atoms with van der Waals surface area (Å²) in [5.74, 6) is -4.66. The van der Waals surface area contributed by atoms with Crippen LogP contribution < -0.4 is 15.5 Å². The van der Waals surface area contributed by atoms with Crippen molar-refractivity contribution in [1.29, 1.82) is 0 Å². The highest BCUT2D eigenvalue weighted by Crippen LogP contribution is 2.48. The fourth-order valence-electron chi connectivity index (χ4n) is 5.91. The molecule has 0 bridgehead atoms. The molecule has 7 nitrogen and oxygen atoms in total. The molecule has 5 rings (SSSR count). The van der Waals surface area contributed by atoms with Crippen LogP contribution in [0.4, 0.5) is 28.0 Å². The zero-order valence-corrected chi connectivity index (χ0v) is 24.5. The molecule has 1 aliphatic heterocycles. The third-order valence-electron chi connectivity index (χ3n) is 8.09. The Balaban J connectivity index is 1.54. The molecule has 1 aromatic carbocycles. The van der Waals surface area contributed by atoms with E-state index < -0.39 is 46.7 Å². The quantitative estimate of drug-likeness (QED) is 0.366. The molecule has 1 atom stereocenters. The maximum Gasteiger partial charge on any atom is 0.408 e. The molecular weight excluding hydrogens is 552 g/mol. The summed E-state index contributed by atoms with van der Waals surface area (Å²) in [4.78, 5) is 33.0. The van der Waals surface area contributed by atoms with Crippen molar-refractivity contribution >= 4 is 17.7 Å². The monoisotopic (exact) mass is 590 g/mol. The average molecular weight is 591 g/mol. The number of aromatic nitrogens is 1. The predicted octanol–water partition coefficient (Wildman–Crippen LogP) is 6.71. The molecule has 0 spiro atoms. The molecule has 0 radical (unpaired) electrons. The molecule has 42 heavy (non-hydrogen) atoms. The lowest BCUT2D eigenvalue weighted by Crippen LogP contribution is -2.49. The van der Waals surface area contributed by atoms with Gasteiger partial charge in [0.1, 0.15) is 17.2 Å². The van der Waals surface area contributed by atoms with Crippen molar-refractivity contribution < 1.29 is 31.9 Å². The van der Waals surface area contributed by atoms with Crippen LogP contribution in [-0.2, 0) is 4.74 Å². The minimum Gasteiger partial charge on any atom is -0.444 e. The van der Waals surface area contributed by atoms with Gasteiger partial charge in [0.2, 0.25) is 5.92 Å². The smallest absolute Gasteiger partial charge is 0.408 e. The number of ether oxygens (including phenoxy) is 1. The van der Waals surface area contributed by atoms with Crippen molar-refractivity contribution in [2.45, 2.75) is 102 Å². The van der Waals surface area contributed by atoms with Gasteiger partial charge >= 0.3 is 6.09 Å². The van der Waals surface area contributed by atoms with E-state index >= 15 is 0 Å². The molecule has 1 saturated heterocycles. The third kappa shape index (κ3) is 6.98. The minimum atomic E-state index is -2.74. The van der Waals surface area contributed by atoms with Crippen molar-refractivity contribution in [1.82, 2.24) is 15.6 Å². The van der Waals surface area contributed by atoms with Gasteiger partial charge in [0, 0.05) is 55.7 Å². The number of nitrogens with zero attached hydrogens (tertiary/aromatic N) is 2. The second-order valence-corrected chi connectivity index (χ2v) is 13.2. The summed E-state index contributed by atoms with van der Waals surface area (Å²) < 4.78 is 62.0. The Hall–Kier alpha value is -3.37. The fraction of sp³-hybridized carbons (Fsp3) is 0.581. The van der Waals surface area contributed by atoms with Crippen molar-refractivity contribution in [3.05, 3.63) is 47.3 Å². The zero-order chi connectivity index (χ0) is 30.4. The number of anilines is 1. The Bertz CT molecular complexity index is 1340. The van der Waals surface area contributed by atoms with Crippen molar-refractivity contribution in [2.75, 3.05) is 18.0 Å². The lowest BCUT2D eigenvalue weighted by Gasteiger charge is -2.32. The SMILES string of the molecule is CC(C)(C)OC(=O)N[C@@]1(C)CCN(c2c(C(=O)NC3CCC(F)(F)CC3)cnc(C3CC3)c2-c2cc(F)cc(F)c2)C1. The van der Waals surface area contributed by atoms with E-state index in [0.717, 1.165) is 18.9 Å². The second kappa shape index (κ2) is 11.0.